The molecule has 0 N–H and O–H groups in total. The normalized spacial score (nSPS) is 13.7. The lowest BCUT2D eigenvalue weighted by Crippen LogP contribution is -2.30. The van der Waals surface area contributed by atoms with Crippen LogP contribution in [0.3, 0.4) is 0 Å². The van der Waals surface area contributed by atoms with E-state index < -0.39 is 0 Å². The number of hydrogen-bond acceptors (Lipinski definition) is 3. The highest BCUT2D eigenvalue weighted by molar-refractivity contribution is 6.31. The van der Waals surface area contributed by atoms with Gasteiger partial charge in [-0.15, -0.1) is 0 Å². The fourth-order valence-corrected chi connectivity index (χ4v) is 3.69. The second-order valence-corrected chi connectivity index (χ2v) is 7.54. The molecule has 4 rings (SSSR count). The zero-order chi connectivity index (χ0) is 20.4. The van der Waals surface area contributed by atoms with Gasteiger partial charge in [-0.05, 0) is 36.8 Å². The van der Waals surface area contributed by atoms with Gasteiger partial charge in [0.25, 0.3) is 5.91 Å². The Morgan fingerprint density at radius 2 is 2.00 bits per heavy atom. The van der Waals surface area contributed by atoms with Crippen LogP contribution in [-0.2, 0) is 11.3 Å². The number of carbonyl (C=O) groups is 2. The second-order valence-electron chi connectivity index (χ2n) is 7.10. The van der Waals surface area contributed by atoms with Crippen molar-refractivity contribution >= 4 is 29.1 Å². The lowest BCUT2D eigenvalue weighted by Gasteiger charge is -2.23. The third-order valence-electron chi connectivity index (χ3n) is 4.98. The molecule has 0 unspecified atom stereocenters. The molecular formula is C22H21ClN4O2. The summed E-state index contributed by atoms with van der Waals surface area (Å²) in [4.78, 5) is 28.6. The maximum Gasteiger partial charge on any atom is 0.256 e. The second kappa shape index (κ2) is 8.09. The van der Waals surface area contributed by atoms with Gasteiger partial charge >= 0.3 is 0 Å². The third kappa shape index (κ3) is 4.03. The summed E-state index contributed by atoms with van der Waals surface area (Å²) in [6.45, 7) is 1.01. The van der Waals surface area contributed by atoms with Crippen LogP contribution < -0.4 is 4.90 Å². The molecule has 2 amide bonds. The van der Waals surface area contributed by atoms with Gasteiger partial charge in [-0.25, -0.2) is 4.68 Å². The van der Waals surface area contributed by atoms with Crippen molar-refractivity contribution in [3.8, 4) is 5.69 Å². The van der Waals surface area contributed by atoms with Gasteiger partial charge in [-0.3, -0.25) is 9.59 Å². The Hall–Kier alpha value is -3.12. The number of para-hydroxylation sites is 1. The highest BCUT2D eigenvalue weighted by Gasteiger charge is 2.27. The summed E-state index contributed by atoms with van der Waals surface area (Å²) in [5.74, 6) is -0.142. The van der Waals surface area contributed by atoms with Crippen LogP contribution in [0.4, 0.5) is 5.69 Å². The molecule has 148 valence electrons. The minimum atomic E-state index is -0.163. The number of amides is 2. The largest absolute Gasteiger partial charge is 0.337 e. The van der Waals surface area contributed by atoms with Gasteiger partial charge in [-0.2, -0.15) is 5.10 Å². The smallest absolute Gasteiger partial charge is 0.256 e. The molecule has 2 aromatic carbocycles. The van der Waals surface area contributed by atoms with Crippen molar-refractivity contribution in [2.45, 2.75) is 19.4 Å². The van der Waals surface area contributed by atoms with Crippen LogP contribution in [0.1, 0.15) is 28.8 Å². The summed E-state index contributed by atoms with van der Waals surface area (Å²) in [7, 11) is 1.74. The molecule has 1 aromatic heterocycles. The van der Waals surface area contributed by atoms with Crippen LogP contribution in [-0.4, -0.2) is 40.1 Å². The Labute approximate surface area is 174 Å². The fourth-order valence-electron chi connectivity index (χ4n) is 3.53. The average Bonchev–Trinajstić information content (AvgIpc) is 3.37. The molecule has 0 aliphatic carbocycles. The predicted molar refractivity (Wildman–Crippen MR) is 112 cm³/mol. The van der Waals surface area contributed by atoms with Crippen molar-refractivity contribution in [2.24, 2.45) is 0 Å². The number of nitrogens with zero attached hydrogens (tertiary/aromatic N) is 4. The van der Waals surface area contributed by atoms with Crippen molar-refractivity contribution < 1.29 is 9.59 Å². The third-order valence-corrected chi connectivity index (χ3v) is 5.21. The molecule has 1 fully saturated rings. The van der Waals surface area contributed by atoms with Gasteiger partial charge in [0.15, 0.2) is 0 Å². The summed E-state index contributed by atoms with van der Waals surface area (Å²) >= 11 is 6.14. The Morgan fingerprint density at radius 1 is 1.21 bits per heavy atom. The maximum absolute atomic E-state index is 13.1. The van der Waals surface area contributed by atoms with Gasteiger partial charge in [-0.1, -0.05) is 29.8 Å². The Kier molecular flexibility index (Phi) is 5.36. The first kappa shape index (κ1) is 19.2. The lowest BCUT2D eigenvalue weighted by molar-refractivity contribution is -0.117. The molecule has 1 saturated heterocycles. The van der Waals surface area contributed by atoms with Gasteiger partial charge < -0.3 is 9.80 Å². The standard InChI is InChI=1S/C22H21ClN4O2/c1-25(14-16-13-24-27(15-16)18-6-3-2-4-7-18)22(29)19-10-9-17(23)12-20(19)26-11-5-8-21(26)28/h2-4,6-7,9-10,12-13,15H,5,8,11,14H2,1H3. The van der Waals surface area contributed by atoms with Crippen molar-refractivity contribution in [2.75, 3.05) is 18.5 Å². The lowest BCUT2D eigenvalue weighted by atomic mass is 10.1. The zero-order valence-corrected chi connectivity index (χ0v) is 16.8. The van der Waals surface area contributed by atoms with Crippen LogP contribution >= 0.6 is 11.6 Å². The van der Waals surface area contributed by atoms with E-state index in [4.69, 9.17) is 11.6 Å². The van der Waals surface area contributed by atoms with Crippen LogP contribution in [0, 0.1) is 0 Å². The first-order valence-corrected chi connectivity index (χ1v) is 9.85. The van der Waals surface area contributed by atoms with E-state index in [1.165, 1.54) is 0 Å². The first-order chi connectivity index (χ1) is 14.0. The first-order valence-electron chi connectivity index (χ1n) is 9.47. The van der Waals surface area contributed by atoms with E-state index in [1.807, 2.05) is 36.5 Å². The van der Waals surface area contributed by atoms with Crippen LogP contribution in [0.25, 0.3) is 5.69 Å². The zero-order valence-electron chi connectivity index (χ0n) is 16.1. The molecule has 0 saturated carbocycles. The molecule has 0 bridgehead atoms. The van der Waals surface area contributed by atoms with Gasteiger partial charge in [0.1, 0.15) is 0 Å². The molecule has 6 nitrogen and oxygen atoms in total. The summed E-state index contributed by atoms with van der Waals surface area (Å²) in [6.07, 6.45) is 4.94. The summed E-state index contributed by atoms with van der Waals surface area (Å²) in [5, 5.41) is 4.88. The minimum absolute atomic E-state index is 0.0214. The quantitative estimate of drug-likeness (QED) is 0.642. The van der Waals surface area contributed by atoms with E-state index in [-0.39, 0.29) is 11.8 Å². The minimum Gasteiger partial charge on any atom is -0.337 e. The van der Waals surface area contributed by atoms with Gasteiger partial charge in [0.05, 0.1) is 23.1 Å². The van der Waals surface area contributed by atoms with E-state index in [9.17, 15) is 9.59 Å². The van der Waals surface area contributed by atoms with Gasteiger partial charge in [0.2, 0.25) is 5.91 Å². The average molecular weight is 409 g/mol. The molecule has 0 radical (unpaired) electrons. The number of halogens is 1. The van der Waals surface area contributed by atoms with E-state index in [1.54, 1.807) is 45.9 Å². The number of aromatic nitrogens is 2. The van der Waals surface area contributed by atoms with Crippen LogP contribution in [0.5, 0.6) is 0 Å². The number of carbonyl (C=O) groups excluding carboxylic acids is 2. The van der Waals surface area contributed by atoms with E-state index in [0.717, 1.165) is 17.7 Å². The van der Waals surface area contributed by atoms with E-state index in [0.29, 0.717) is 35.8 Å². The molecule has 29 heavy (non-hydrogen) atoms. The van der Waals surface area contributed by atoms with Crippen molar-refractivity contribution in [3.05, 3.63) is 77.1 Å². The molecule has 0 atom stereocenters. The number of rotatable bonds is 5. The molecule has 0 spiro atoms. The SMILES string of the molecule is CN(Cc1cnn(-c2ccccc2)c1)C(=O)c1ccc(Cl)cc1N1CCCC1=O. The van der Waals surface area contributed by atoms with Crippen LogP contribution in [0.2, 0.25) is 5.02 Å². The van der Waals surface area contributed by atoms with Gasteiger partial charge in [0, 0.05) is 43.3 Å². The Bertz CT molecular complexity index is 1050. The summed E-state index contributed by atoms with van der Waals surface area (Å²) < 4.78 is 1.78. The number of benzene rings is 2. The highest BCUT2D eigenvalue weighted by atomic mass is 35.5. The Balaban J connectivity index is 1.54. The molecule has 7 heteroatoms. The molecule has 3 aromatic rings. The Morgan fingerprint density at radius 3 is 2.72 bits per heavy atom. The number of anilines is 1. The molecular weight excluding hydrogens is 388 g/mol. The number of hydrogen-bond donors (Lipinski definition) is 0. The van der Waals surface area contributed by atoms with E-state index >= 15 is 0 Å². The molecule has 1 aliphatic heterocycles. The van der Waals surface area contributed by atoms with Crippen LogP contribution in [0.15, 0.2) is 60.9 Å². The highest BCUT2D eigenvalue weighted by Crippen LogP contribution is 2.29. The fraction of sp³-hybridized carbons (Fsp3) is 0.227. The van der Waals surface area contributed by atoms with Crippen molar-refractivity contribution in [1.29, 1.82) is 0 Å². The maximum atomic E-state index is 13.1. The van der Waals surface area contributed by atoms with Crippen molar-refractivity contribution in [1.82, 2.24) is 14.7 Å². The monoisotopic (exact) mass is 408 g/mol. The summed E-state index contributed by atoms with van der Waals surface area (Å²) in [5.41, 5.74) is 2.93. The molecule has 2 heterocycles. The topological polar surface area (TPSA) is 58.4 Å². The summed E-state index contributed by atoms with van der Waals surface area (Å²) in [6, 6.07) is 14.9. The molecule has 1 aliphatic rings. The van der Waals surface area contributed by atoms with Crippen molar-refractivity contribution in [3.63, 3.8) is 0 Å². The van der Waals surface area contributed by atoms with E-state index in [2.05, 4.69) is 5.10 Å². The predicted octanol–water partition coefficient (Wildman–Crippen LogP) is 3.92.